The molecule has 0 saturated heterocycles. The third kappa shape index (κ3) is 1.39. The van der Waals surface area contributed by atoms with E-state index >= 15 is 0 Å². The standard InChI is InChI=1S/C8H6BClO4/c10-7-2-4(8(11)12)1-6-5(7)3-14-9(6)13/h1-2,13H,3H2,(H,11,12). The van der Waals surface area contributed by atoms with Gasteiger partial charge in [-0.25, -0.2) is 4.79 Å². The maximum Gasteiger partial charge on any atom is 0.491 e. The molecule has 1 aliphatic rings. The second kappa shape index (κ2) is 3.27. The van der Waals surface area contributed by atoms with E-state index in [4.69, 9.17) is 21.4 Å². The maximum absolute atomic E-state index is 10.7. The number of carboxylic acids is 1. The third-order valence-corrected chi connectivity index (χ3v) is 2.47. The number of rotatable bonds is 1. The summed E-state index contributed by atoms with van der Waals surface area (Å²) >= 11 is 5.83. The molecule has 0 fully saturated rings. The van der Waals surface area contributed by atoms with E-state index in [1.165, 1.54) is 12.1 Å². The van der Waals surface area contributed by atoms with Gasteiger partial charge in [-0.05, 0) is 23.2 Å². The summed E-state index contributed by atoms with van der Waals surface area (Å²) in [6.07, 6.45) is 0. The van der Waals surface area contributed by atoms with Crippen molar-refractivity contribution in [1.29, 1.82) is 0 Å². The van der Waals surface area contributed by atoms with E-state index in [9.17, 15) is 9.82 Å². The van der Waals surface area contributed by atoms with Crippen molar-refractivity contribution < 1.29 is 19.6 Å². The highest BCUT2D eigenvalue weighted by molar-refractivity contribution is 6.62. The fourth-order valence-electron chi connectivity index (χ4n) is 1.41. The Hall–Kier alpha value is -1.04. The molecular weight excluding hydrogens is 206 g/mol. The van der Waals surface area contributed by atoms with Crippen LogP contribution in [0.3, 0.4) is 0 Å². The van der Waals surface area contributed by atoms with Gasteiger partial charge in [0.25, 0.3) is 0 Å². The van der Waals surface area contributed by atoms with Gasteiger partial charge in [0.2, 0.25) is 0 Å². The van der Waals surface area contributed by atoms with Gasteiger partial charge >= 0.3 is 13.1 Å². The van der Waals surface area contributed by atoms with Crippen LogP contribution in [0.4, 0.5) is 0 Å². The second-order valence-electron chi connectivity index (χ2n) is 2.99. The van der Waals surface area contributed by atoms with Crippen molar-refractivity contribution in [1.82, 2.24) is 0 Å². The predicted octanol–water partition coefficient (Wildman–Crippen LogP) is 0.256. The summed E-state index contributed by atoms with van der Waals surface area (Å²) < 4.78 is 4.92. The third-order valence-electron chi connectivity index (χ3n) is 2.13. The Bertz CT molecular complexity index is 407. The average molecular weight is 212 g/mol. The van der Waals surface area contributed by atoms with E-state index in [-0.39, 0.29) is 12.2 Å². The Morgan fingerprint density at radius 1 is 1.57 bits per heavy atom. The Balaban J connectivity index is 2.58. The largest absolute Gasteiger partial charge is 0.491 e. The van der Waals surface area contributed by atoms with E-state index in [0.29, 0.717) is 16.0 Å². The van der Waals surface area contributed by atoms with Crippen LogP contribution in [-0.2, 0) is 11.3 Å². The minimum atomic E-state index is -1.08. The number of hydrogen-bond donors (Lipinski definition) is 2. The number of fused-ring (bicyclic) bond motifs is 1. The highest BCUT2D eigenvalue weighted by Crippen LogP contribution is 2.21. The molecule has 0 aromatic heterocycles. The van der Waals surface area contributed by atoms with Gasteiger partial charge in [0.05, 0.1) is 12.2 Å². The summed E-state index contributed by atoms with van der Waals surface area (Å²) in [7, 11) is -1.07. The molecule has 4 nitrogen and oxygen atoms in total. The molecule has 1 aromatic rings. The van der Waals surface area contributed by atoms with Crippen LogP contribution < -0.4 is 5.46 Å². The molecule has 0 bridgehead atoms. The Kier molecular flexibility index (Phi) is 2.22. The number of carbonyl (C=O) groups is 1. The zero-order valence-corrected chi connectivity index (χ0v) is 7.78. The van der Waals surface area contributed by atoms with Crippen LogP contribution in [-0.4, -0.2) is 23.2 Å². The molecule has 0 radical (unpaired) electrons. The van der Waals surface area contributed by atoms with Crippen molar-refractivity contribution in [2.45, 2.75) is 6.61 Å². The molecule has 0 spiro atoms. The van der Waals surface area contributed by atoms with E-state index in [2.05, 4.69) is 0 Å². The van der Waals surface area contributed by atoms with E-state index in [1.54, 1.807) is 0 Å². The minimum absolute atomic E-state index is 0.0540. The number of aromatic carboxylic acids is 1. The number of carboxylic acid groups (broad SMARTS) is 1. The number of hydrogen-bond acceptors (Lipinski definition) is 3. The van der Waals surface area contributed by atoms with Gasteiger partial charge in [-0.3, -0.25) is 0 Å². The van der Waals surface area contributed by atoms with Gasteiger partial charge in [0.1, 0.15) is 0 Å². The zero-order chi connectivity index (χ0) is 10.3. The molecule has 2 rings (SSSR count). The van der Waals surface area contributed by atoms with Gasteiger partial charge < -0.3 is 14.8 Å². The monoisotopic (exact) mass is 212 g/mol. The van der Waals surface area contributed by atoms with Crippen molar-refractivity contribution in [3.63, 3.8) is 0 Å². The van der Waals surface area contributed by atoms with Crippen molar-refractivity contribution in [3.8, 4) is 0 Å². The predicted molar refractivity (Wildman–Crippen MR) is 50.8 cm³/mol. The molecule has 0 amide bonds. The first kappa shape index (κ1) is 9.52. The summed E-state index contributed by atoms with van der Waals surface area (Å²) in [6.45, 7) is 0.217. The molecule has 1 heterocycles. The fourth-order valence-corrected chi connectivity index (χ4v) is 1.69. The number of benzene rings is 1. The molecule has 72 valence electrons. The van der Waals surface area contributed by atoms with Gasteiger partial charge in [-0.1, -0.05) is 11.6 Å². The summed E-state index contributed by atoms with van der Waals surface area (Å²) in [4.78, 5) is 10.7. The highest BCUT2D eigenvalue weighted by atomic mass is 35.5. The molecule has 0 atom stereocenters. The summed E-state index contributed by atoms with van der Waals surface area (Å²) in [5, 5.41) is 18.4. The average Bonchev–Trinajstić information content (AvgIpc) is 2.48. The molecule has 6 heteroatoms. The van der Waals surface area contributed by atoms with Crippen LogP contribution in [0.1, 0.15) is 15.9 Å². The van der Waals surface area contributed by atoms with Gasteiger partial charge in [-0.15, -0.1) is 0 Å². The van der Waals surface area contributed by atoms with Crippen LogP contribution in [0, 0.1) is 0 Å². The summed E-state index contributed by atoms with van der Waals surface area (Å²) in [5.41, 5.74) is 1.15. The molecule has 14 heavy (non-hydrogen) atoms. The van der Waals surface area contributed by atoms with Crippen LogP contribution >= 0.6 is 11.6 Å². The van der Waals surface area contributed by atoms with Crippen LogP contribution in [0.2, 0.25) is 5.02 Å². The van der Waals surface area contributed by atoms with Crippen LogP contribution in [0.25, 0.3) is 0 Å². The van der Waals surface area contributed by atoms with Crippen LogP contribution in [0.5, 0.6) is 0 Å². The van der Waals surface area contributed by atoms with E-state index in [0.717, 1.165) is 0 Å². The lowest BCUT2D eigenvalue weighted by Crippen LogP contribution is -2.28. The summed E-state index contributed by atoms with van der Waals surface area (Å²) in [6, 6.07) is 2.73. The normalized spacial score (nSPS) is 14.3. The van der Waals surface area contributed by atoms with Gasteiger partial charge in [-0.2, -0.15) is 0 Å². The van der Waals surface area contributed by atoms with Crippen molar-refractivity contribution >= 4 is 30.2 Å². The number of halogens is 1. The van der Waals surface area contributed by atoms with Gasteiger partial charge in [0, 0.05) is 5.02 Å². The Labute approximate surface area is 85.2 Å². The first-order chi connectivity index (χ1) is 6.59. The molecular formula is C8H6BClO4. The lowest BCUT2D eigenvalue weighted by Gasteiger charge is -2.02. The Morgan fingerprint density at radius 3 is 2.93 bits per heavy atom. The smallest absolute Gasteiger partial charge is 0.478 e. The molecule has 2 N–H and O–H groups in total. The first-order valence-electron chi connectivity index (χ1n) is 3.95. The molecule has 0 saturated carbocycles. The van der Waals surface area contributed by atoms with Crippen molar-refractivity contribution in [2.24, 2.45) is 0 Å². The quantitative estimate of drug-likeness (QED) is 0.655. The second-order valence-corrected chi connectivity index (χ2v) is 3.40. The van der Waals surface area contributed by atoms with E-state index in [1.807, 2.05) is 0 Å². The lowest BCUT2D eigenvalue weighted by molar-refractivity contribution is 0.0697. The van der Waals surface area contributed by atoms with Crippen molar-refractivity contribution in [2.75, 3.05) is 0 Å². The van der Waals surface area contributed by atoms with Crippen LogP contribution in [0.15, 0.2) is 12.1 Å². The van der Waals surface area contributed by atoms with Gasteiger partial charge in [0.15, 0.2) is 0 Å². The molecule has 0 aliphatic carbocycles. The SMILES string of the molecule is O=C(O)c1cc(Cl)c2c(c1)B(O)OC2. The minimum Gasteiger partial charge on any atom is -0.478 e. The van der Waals surface area contributed by atoms with E-state index < -0.39 is 13.1 Å². The summed E-state index contributed by atoms with van der Waals surface area (Å²) in [5.74, 6) is -1.08. The fraction of sp³-hybridized carbons (Fsp3) is 0.125. The topological polar surface area (TPSA) is 66.8 Å². The Morgan fingerprint density at radius 2 is 2.29 bits per heavy atom. The zero-order valence-electron chi connectivity index (χ0n) is 7.03. The molecule has 1 aromatic carbocycles. The first-order valence-corrected chi connectivity index (χ1v) is 4.32. The maximum atomic E-state index is 10.7. The lowest BCUT2D eigenvalue weighted by atomic mass is 9.79. The van der Waals surface area contributed by atoms with Crippen molar-refractivity contribution in [3.05, 3.63) is 28.3 Å². The molecule has 1 aliphatic heterocycles. The highest BCUT2D eigenvalue weighted by Gasteiger charge is 2.30. The molecule has 0 unspecified atom stereocenters.